The van der Waals surface area contributed by atoms with Gasteiger partial charge in [-0.25, -0.2) is 13.2 Å². The molecule has 0 saturated carbocycles. The summed E-state index contributed by atoms with van der Waals surface area (Å²) in [5, 5.41) is 18.8. The van der Waals surface area contributed by atoms with Crippen molar-refractivity contribution in [1.29, 1.82) is 0 Å². The lowest BCUT2D eigenvalue weighted by atomic mass is 9.73. The van der Waals surface area contributed by atoms with E-state index in [1.807, 2.05) is 25.9 Å². The van der Waals surface area contributed by atoms with Crippen molar-refractivity contribution >= 4 is 28.0 Å². The van der Waals surface area contributed by atoms with E-state index in [1.54, 1.807) is 18.3 Å². The number of fused-ring (bicyclic) bond motifs is 1. The molecule has 3 aromatic heterocycles. The van der Waals surface area contributed by atoms with E-state index in [0.717, 1.165) is 35.4 Å². The van der Waals surface area contributed by atoms with Crippen LogP contribution in [0.25, 0.3) is 11.6 Å². The minimum absolute atomic E-state index is 0.00981. The molecule has 246 valence electrons. The number of rotatable bonds is 8. The normalized spacial score (nSPS) is 28.2. The molecule has 17 heteroatoms. The quantitative estimate of drug-likeness (QED) is 0.326. The summed E-state index contributed by atoms with van der Waals surface area (Å²) in [6.45, 7) is 3.23. The second-order valence-electron chi connectivity index (χ2n) is 12.3. The fraction of sp³-hybridized carbons (Fsp3) is 0.679. The number of likely N-dealkylation sites (tertiary alicyclic amines) is 1. The van der Waals surface area contributed by atoms with Gasteiger partial charge in [-0.15, -0.1) is 11.3 Å². The number of nitrogens with one attached hydrogen (secondary N) is 1. The van der Waals surface area contributed by atoms with Crippen LogP contribution in [-0.4, -0.2) is 112 Å². The maximum absolute atomic E-state index is 14.1. The van der Waals surface area contributed by atoms with Crippen molar-refractivity contribution in [3.63, 3.8) is 0 Å². The van der Waals surface area contributed by atoms with Gasteiger partial charge in [0.1, 0.15) is 17.3 Å². The Kier molecular flexibility index (Phi) is 8.56. The van der Waals surface area contributed by atoms with Gasteiger partial charge < -0.3 is 35.1 Å². The number of aromatic nitrogens is 5. The highest BCUT2D eigenvalue weighted by Crippen LogP contribution is 2.51. The average Bonchev–Trinajstić information content (AvgIpc) is 3.67. The highest BCUT2D eigenvalue weighted by atomic mass is 32.1. The fourth-order valence-corrected chi connectivity index (χ4v) is 7.81. The van der Waals surface area contributed by atoms with Gasteiger partial charge in [-0.3, -0.25) is 4.90 Å². The van der Waals surface area contributed by atoms with Crippen LogP contribution < -0.4 is 20.7 Å². The van der Waals surface area contributed by atoms with E-state index in [2.05, 4.69) is 25.4 Å². The summed E-state index contributed by atoms with van der Waals surface area (Å²) in [4.78, 5) is 22.5. The van der Waals surface area contributed by atoms with Gasteiger partial charge in [-0.05, 0) is 46.6 Å². The molecule has 0 amide bonds. The standard InChI is InChI=1S/C28H38F3N9O4S/c1-14(16-10-15(29)11-39(16)4)43-26-36-21(35-25(37-26)40-8-9-42-13-28(41,12-40)23(30)31)22-34-24(44-38-22)27(2)7-5-6-17-18(27)19(33-3)20(32)45-17/h14-16,23,33,41H,5-13,32H2,1-4H3/t14-,15+,16-,27-,28+/m0/s1. The number of alkyl halides is 3. The lowest BCUT2D eigenvalue weighted by Gasteiger charge is -2.31. The number of β-amino-alcohol motifs (C(OH)–C–C–N with tert-alkyl or cyclic N) is 1. The van der Waals surface area contributed by atoms with Crippen molar-refractivity contribution in [3.05, 3.63) is 16.3 Å². The Morgan fingerprint density at radius 1 is 1.22 bits per heavy atom. The van der Waals surface area contributed by atoms with Gasteiger partial charge in [0.25, 0.3) is 6.43 Å². The number of hydrogen-bond acceptors (Lipinski definition) is 14. The summed E-state index contributed by atoms with van der Waals surface area (Å²) >= 11 is 1.54. The summed E-state index contributed by atoms with van der Waals surface area (Å²) in [5.74, 6) is 0.355. The SMILES string of the molecule is CNc1c(N)sc2c1[C@@](C)(c1nc(-c3nc(O[C@@H](C)[C@@H]4C[C@@H](F)CN4C)nc(N4CCOC[C@@](O)(C(F)F)C4)n3)no1)CCC2. The van der Waals surface area contributed by atoms with Crippen molar-refractivity contribution < 1.29 is 32.3 Å². The summed E-state index contributed by atoms with van der Waals surface area (Å²) in [7, 11) is 3.64. The predicted molar refractivity (Wildman–Crippen MR) is 161 cm³/mol. The predicted octanol–water partition coefficient (Wildman–Crippen LogP) is 2.89. The van der Waals surface area contributed by atoms with E-state index in [-0.39, 0.29) is 55.8 Å². The van der Waals surface area contributed by atoms with E-state index in [0.29, 0.717) is 10.9 Å². The average molecular weight is 654 g/mol. The number of likely N-dealkylation sites (N-methyl/N-ethyl adjacent to an activating group) is 1. The maximum atomic E-state index is 14.1. The summed E-state index contributed by atoms with van der Waals surface area (Å²) in [6.07, 6.45) is -1.77. The second-order valence-corrected chi connectivity index (χ2v) is 13.4. The first kappa shape index (κ1) is 31.7. The molecule has 0 unspecified atom stereocenters. The number of anilines is 3. The third kappa shape index (κ3) is 5.90. The van der Waals surface area contributed by atoms with Crippen LogP contribution in [0.3, 0.4) is 0 Å². The Hall–Kier alpha value is -3.28. The molecule has 5 heterocycles. The lowest BCUT2D eigenvalue weighted by molar-refractivity contribution is -0.123. The number of halogens is 3. The van der Waals surface area contributed by atoms with Crippen LogP contribution in [0.4, 0.5) is 29.8 Å². The molecule has 0 spiro atoms. The molecule has 13 nitrogen and oxygen atoms in total. The number of aliphatic hydroxyl groups is 1. The first-order valence-corrected chi connectivity index (χ1v) is 15.8. The zero-order valence-corrected chi connectivity index (χ0v) is 26.4. The molecule has 6 rings (SSSR count). The molecule has 0 radical (unpaired) electrons. The molecule has 45 heavy (non-hydrogen) atoms. The summed E-state index contributed by atoms with van der Waals surface area (Å²) in [6, 6.07) is -0.361. The van der Waals surface area contributed by atoms with Gasteiger partial charge in [0.15, 0.2) is 5.60 Å². The van der Waals surface area contributed by atoms with Gasteiger partial charge in [-0.1, -0.05) is 5.16 Å². The number of nitrogens with zero attached hydrogens (tertiary/aromatic N) is 7. The first-order chi connectivity index (χ1) is 21.4. The highest BCUT2D eigenvalue weighted by molar-refractivity contribution is 7.16. The highest BCUT2D eigenvalue weighted by Gasteiger charge is 2.44. The van der Waals surface area contributed by atoms with E-state index >= 15 is 0 Å². The second kappa shape index (κ2) is 12.1. The molecule has 2 fully saturated rings. The first-order valence-electron chi connectivity index (χ1n) is 15.0. The van der Waals surface area contributed by atoms with E-state index < -0.39 is 42.9 Å². The van der Waals surface area contributed by atoms with Crippen molar-refractivity contribution in [1.82, 2.24) is 30.0 Å². The molecule has 4 N–H and O–H groups in total. The largest absolute Gasteiger partial charge is 0.459 e. The van der Waals surface area contributed by atoms with Gasteiger partial charge in [0.05, 0.1) is 30.9 Å². The number of hydrogen-bond donors (Lipinski definition) is 3. The van der Waals surface area contributed by atoms with Crippen molar-refractivity contribution in [3.8, 4) is 17.7 Å². The lowest BCUT2D eigenvalue weighted by Crippen LogP contribution is -2.50. The van der Waals surface area contributed by atoms with E-state index in [1.165, 1.54) is 4.90 Å². The van der Waals surface area contributed by atoms with Crippen molar-refractivity contribution in [2.75, 3.05) is 62.9 Å². The Morgan fingerprint density at radius 3 is 2.73 bits per heavy atom. The monoisotopic (exact) mass is 653 g/mol. The van der Waals surface area contributed by atoms with Crippen LogP contribution >= 0.6 is 11.3 Å². The zero-order chi connectivity index (χ0) is 32.1. The van der Waals surface area contributed by atoms with Gasteiger partial charge >= 0.3 is 6.01 Å². The Bertz CT molecular complexity index is 1530. The molecule has 1 aliphatic carbocycles. The molecule has 5 atom stereocenters. The molecule has 2 saturated heterocycles. The Balaban J connectivity index is 1.38. The number of nitrogen functional groups attached to an aromatic ring is 1. The van der Waals surface area contributed by atoms with Crippen LogP contribution in [0.1, 0.15) is 49.4 Å². The smallest absolute Gasteiger partial charge is 0.322 e. The van der Waals surface area contributed by atoms with Crippen LogP contribution in [0, 0.1) is 0 Å². The van der Waals surface area contributed by atoms with Crippen LogP contribution in [-0.2, 0) is 16.6 Å². The maximum Gasteiger partial charge on any atom is 0.322 e. The summed E-state index contributed by atoms with van der Waals surface area (Å²) < 4.78 is 59.1. The van der Waals surface area contributed by atoms with Crippen molar-refractivity contribution in [2.45, 2.75) is 75.3 Å². The minimum atomic E-state index is -3.07. The number of aryl methyl sites for hydroxylation is 1. The molecule has 0 aromatic carbocycles. The molecular weight excluding hydrogens is 615 g/mol. The molecule has 3 aromatic rings. The third-order valence-electron chi connectivity index (χ3n) is 8.99. The van der Waals surface area contributed by atoms with Crippen molar-refractivity contribution in [2.24, 2.45) is 0 Å². The molecule has 3 aliphatic rings. The fourth-order valence-electron chi connectivity index (χ4n) is 6.57. The van der Waals surface area contributed by atoms with Gasteiger partial charge in [-0.2, -0.15) is 19.9 Å². The zero-order valence-electron chi connectivity index (χ0n) is 25.6. The number of ether oxygens (including phenoxy) is 2. The molecule has 2 aliphatic heterocycles. The van der Waals surface area contributed by atoms with E-state index in [4.69, 9.17) is 24.7 Å². The van der Waals surface area contributed by atoms with Crippen LogP contribution in [0.5, 0.6) is 6.01 Å². The van der Waals surface area contributed by atoms with Gasteiger partial charge in [0, 0.05) is 36.6 Å². The topological polar surface area (TPSA) is 161 Å². The van der Waals surface area contributed by atoms with E-state index in [9.17, 15) is 18.3 Å². The third-order valence-corrected chi connectivity index (χ3v) is 10.1. The summed E-state index contributed by atoms with van der Waals surface area (Å²) in [5.41, 5.74) is 5.10. The Morgan fingerprint density at radius 2 is 2.02 bits per heavy atom. The number of thiophene rings is 1. The van der Waals surface area contributed by atoms with Crippen LogP contribution in [0.15, 0.2) is 4.52 Å². The van der Waals surface area contributed by atoms with Crippen LogP contribution in [0.2, 0.25) is 0 Å². The van der Waals surface area contributed by atoms with Gasteiger partial charge in [0.2, 0.25) is 23.5 Å². The molecular formula is C28H38F3N9O4S. The Labute approximate surface area is 262 Å². The molecule has 0 bridgehead atoms. The number of nitrogens with two attached hydrogens (primary N) is 1. The minimum Gasteiger partial charge on any atom is -0.459 e.